The molecule has 144 valence electrons. The normalized spacial score (nSPS) is 11.3. The van der Waals surface area contributed by atoms with Gasteiger partial charge in [0.1, 0.15) is 5.82 Å². The van der Waals surface area contributed by atoms with Crippen LogP contribution in [0.15, 0.2) is 53.5 Å². The van der Waals surface area contributed by atoms with Crippen molar-refractivity contribution in [1.82, 2.24) is 15.6 Å². The summed E-state index contributed by atoms with van der Waals surface area (Å²) in [5.41, 5.74) is 4.31. The van der Waals surface area contributed by atoms with Gasteiger partial charge >= 0.3 is 0 Å². The largest absolute Gasteiger partial charge is 0.357 e. The molecule has 0 spiro atoms. The fourth-order valence-corrected chi connectivity index (χ4v) is 3.44. The Balaban J connectivity index is 0.00000261. The van der Waals surface area contributed by atoms with Crippen LogP contribution in [0.1, 0.15) is 16.8 Å². The van der Waals surface area contributed by atoms with Crippen LogP contribution >= 0.6 is 35.7 Å². The van der Waals surface area contributed by atoms with Gasteiger partial charge < -0.3 is 15.6 Å². The standard InChI is InChI=1S/C20H23FN4S.HI/c1-22-20(23-11-15-7-8-17(21)9-16(15)13-26-2)24-12-18-10-14-5-3-4-6-19(14)25-18;/h3-10,25H,11-13H2,1-2H3,(H2,22,23,24);1H. The van der Waals surface area contributed by atoms with Gasteiger partial charge in [0, 0.05) is 30.6 Å². The zero-order valence-electron chi connectivity index (χ0n) is 15.4. The van der Waals surface area contributed by atoms with Gasteiger partial charge in [0.25, 0.3) is 0 Å². The van der Waals surface area contributed by atoms with Crippen molar-refractivity contribution in [2.45, 2.75) is 18.8 Å². The van der Waals surface area contributed by atoms with E-state index in [1.165, 1.54) is 11.5 Å². The first kappa shape index (κ1) is 21.6. The summed E-state index contributed by atoms with van der Waals surface area (Å²) in [5, 5.41) is 7.80. The van der Waals surface area contributed by atoms with E-state index in [1.54, 1.807) is 24.9 Å². The third kappa shape index (κ3) is 5.87. The zero-order chi connectivity index (χ0) is 18.4. The molecule has 7 heteroatoms. The predicted octanol–water partition coefficient (Wildman–Crippen LogP) is 4.65. The number of fused-ring (bicyclic) bond motifs is 1. The molecule has 3 rings (SSSR count). The molecule has 0 amide bonds. The van der Waals surface area contributed by atoms with Gasteiger partial charge in [0.05, 0.1) is 6.54 Å². The number of thioether (sulfide) groups is 1. The lowest BCUT2D eigenvalue weighted by Gasteiger charge is -2.14. The summed E-state index contributed by atoms with van der Waals surface area (Å²) in [6, 6.07) is 15.3. The highest BCUT2D eigenvalue weighted by molar-refractivity contribution is 14.0. The molecular weight excluding hydrogens is 474 g/mol. The Labute approximate surface area is 180 Å². The average Bonchev–Trinajstić information content (AvgIpc) is 3.06. The van der Waals surface area contributed by atoms with E-state index in [0.29, 0.717) is 19.0 Å². The van der Waals surface area contributed by atoms with Gasteiger partial charge in [0.15, 0.2) is 5.96 Å². The maximum absolute atomic E-state index is 13.5. The molecule has 0 bridgehead atoms. The van der Waals surface area contributed by atoms with Gasteiger partial charge in [-0.2, -0.15) is 11.8 Å². The Morgan fingerprint density at radius 2 is 1.85 bits per heavy atom. The molecule has 1 aromatic heterocycles. The first-order valence-corrected chi connectivity index (χ1v) is 9.86. The van der Waals surface area contributed by atoms with Crippen molar-refractivity contribution in [2.75, 3.05) is 13.3 Å². The minimum absolute atomic E-state index is 0. The van der Waals surface area contributed by atoms with Crippen LogP contribution in [0.3, 0.4) is 0 Å². The molecular formula is C20H24FIN4S. The molecule has 0 saturated carbocycles. The lowest BCUT2D eigenvalue weighted by Crippen LogP contribution is -2.36. The molecule has 2 aromatic carbocycles. The summed E-state index contributed by atoms with van der Waals surface area (Å²) in [6.45, 7) is 1.25. The number of benzene rings is 2. The van der Waals surface area contributed by atoms with Crippen LogP contribution in [0.25, 0.3) is 10.9 Å². The van der Waals surface area contributed by atoms with E-state index in [9.17, 15) is 4.39 Å². The van der Waals surface area contributed by atoms with E-state index >= 15 is 0 Å². The quantitative estimate of drug-likeness (QED) is 0.264. The number of aromatic nitrogens is 1. The molecule has 0 atom stereocenters. The van der Waals surface area contributed by atoms with Crippen molar-refractivity contribution in [3.63, 3.8) is 0 Å². The van der Waals surface area contributed by atoms with Gasteiger partial charge in [-0.15, -0.1) is 24.0 Å². The van der Waals surface area contributed by atoms with E-state index in [-0.39, 0.29) is 29.8 Å². The Bertz CT molecular complexity index is 877. The van der Waals surface area contributed by atoms with Crippen molar-refractivity contribution in [1.29, 1.82) is 0 Å². The minimum atomic E-state index is -0.195. The molecule has 4 nitrogen and oxygen atoms in total. The second-order valence-electron chi connectivity index (χ2n) is 6.01. The average molecular weight is 498 g/mol. The van der Waals surface area contributed by atoms with Gasteiger partial charge in [-0.05, 0) is 47.0 Å². The van der Waals surface area contributed by atoms with Gasteiger partial charge in [-0.25, -0.2) is 4.39 Å². The van der Waals surface area contributed by atoms with E-state index in [4.69, 9.17) is 0 Å². The lowest BCUT2D eigenvalue weighted by molar-refractivity contribution is 0.625. The molecule has 0 aliphatic rings. The fourth-order valence-electron chi connectivity index (χ4n) is 2.86. The maximum Gasteiger partial charge on any atom is 0.191 e. The van der Waals surface area contributed by atoms with Crippen LogP contribution in [0, 0.1) is 5.82 Å². The van der Waals surface area contributed by atoms with Crippen molar-refractivity contribution >= 4 is 52.6 Å². The molecule has 3 aromatic rings. The lowest BCUT2D eigenvalue weighted by atomic mass is 10.1. The van der Waals surface area contributed by atoms with E-state index in [2.05, 4.69) is 38.8 Å². The zero-order valence-corrected chi connectivity index (χ0v) is 18.5. The Morgan fingerprint density at radius 3 is 2.59 bits per heavy atom. The highest BCUT2D eigenvalue weighted by Crippen LogP contribution is 2.17. The molecule has 0 unspecified atom stereocenters. The van der Waals surface area contributed by atoms with Crippen molar-refractivity contribution in [2.24, 2.45) is 4.99 Å². The molecule has 27 heavy (non-hydrogen) atoms. The Hall–Kier alpha value is -1.74. The Morgan fingerprint density at radius 1 is 1.07 bits per heavy atom. The third-order valence-corrected chi connectivity index (χ3v) is 4.77. The number of rotatable bonds is 6. The number of halogens is 2. The van der Waals surface area contributed by atoms with E-state index in [0.717, 1.165) is 28.1 Å². The molecule has 3 N–H and O–H groups in total. The number of aliphatic imine (C=N–C) groups is 1. The summed E-state index contributed by atoms with van der Waals surface area (Å²) in [6.07, 6.45) is 2.02. The van der Waals surface area contributed by atoms with Crippen molar-refractivity contribution < 1.29 is 4.39 Å². The number of guanidine groups is 1. The van der Waals surface area contributed by atoms with Crippen LogP contribution in [-0.4, -0.2) is 24.2 Å². The summed E-state index contributed by atoms with van der Waals surface area (Å²) >= 11 is 1.68. The number of hydrogen-bond donors (Lipinski definition) is 3. The van der Waals surface area contributed by atoms with Crippen LogP contribution < -0.4 is 10.6 Å². The summed E-state index contributed by atoms with van der Waals surface area (Å²) in [4.78, 5) is 7.66. The molecule has 0 aliphatic heterocycles. The number of aromatic amines is 1. The molecule has 0 aliphatic carbocycles. The minimum Gasteiger partial charge on any atom is -0.357 e. The number of hydrogen-bond acceptors (Lipinski definition) is 2. The number of para-hydroxylation sites is 1. The maximum atomic E-state index is 13.5. The summed E-state index contributed by atoms with van der Waals surface area (Å²) in [5.74, 6) is 1.30. The van der Waals surface area contributed by atoms with E-state index in [1.807, 2.05) is 24.5 Å². The Kier molecular flexibility index (Phi) is 8.43. The fraction of sp³-hybridized carbons (Fsp3) is 0.250. The molecule has 1 heterocycles. The molecule has 0 fully saturated rings. The topological polar surface area (TPSA) is 52.2 Å². The van der Waals surface area contributed by atoms with E-state index < -0.39 is 0 Å². The number of nitrogens with one attached hydrogen (secondary N) is 3. The van der Waals surface area contributed by atoms with Crippen LogP contribution in [-0.2, 0) is 18.8 Å². The van der Waals surface area contributed by atoms with Gasteiger partial charge in [-0.3, -0.25) is 4.99 Å². The molecule has 0 radical (unpaired) electrons. The smallest absolute Gasteiger partial charge is 0.191 e. The first-order chi connectivity index (χ1) is 12.7. The van der Waals surface area contributed by atoms with Crippen LogP contribution in [0.2, 0.25) is 0 Å². The second kappa shape index (κ2) is 10.6. The predicted molar refractivity (Wildman–Crippen MR) is 124 cm³/mol. The highest BCUT2D eigenvalue weighted by atomic mass is 127. The van der Waals surface area contributed by atoms with Gasteiger partial charge in [0.2, 0.25) is 0 Å². The number of nitrogens with zero attached hydrogens (tertiary/aromatic N) is 1. The highest BCUT2D eigenvalue weighted by Gasteiger charge is 2.06. The van der Waals surface area contributed by atoms with Gasteiger partial charge in [-0.1, -0.05) is 24.3 Å². The monoisotopic (exact) mass is 498 g/mol. The van der Waals surface area contributed by atoms with Crippen LogP contribution in [0.5, 0.6) is 0 Å². The molecule has 0 saturated heterocycles. The summed E-state index contributed by atoms with van der Waals surface area (Å²) in [7, 11) is 1.74. The SMILES string of the molecule is CN=C(NCc1cc2ccccc2[nH]1)NCc1ccc(F)cc1CSC.I. The van der Waals surface area contributed by atoms with Crippen LogP contribution in [0.4, 0.5) is 4.39 Å². The number of H-pyrrole nitrogens is 1. The first-order valence-electron chi connectivity index (χ1n) is 8.47. The second-order valence-corrected chi connectivity index (χ2v) is 6.87. The third-order valence-electron chi connectivity index (χ3n) is 4.17. The van der Waals surface area contributed by atoms with Crippen molar-refractivity contribution in [3.8, 4) is 0 Å². The summed E-state index contributed by atoms with van der Waals surface area (Å²) < 4.78 is 13.5. The van der Waals surface area contributed by atoms with Crippen molar-refractivity contribution in [3.05, 3.63) is 71.2 Å².